The number of para-hydroxylation sites is 1. The van der Waals surface area contributed by atoms with Crippen molar-refractivity contribution < 1.29 is 4.42 Å². The van der Waals surface area contributed by atoms with Crippen LogP contribution in [0.4, 0.5) is 0 Å². The van der Waals surface area contributed by atoms with Gasteiger partial charge in [-0.2, -0.15) is 0 Å². The fourth-order valence-electron chi connectivity index (χ4n) is 7.36. The van der Waals surface area contributed by atoms with Gasteiger partial charge in [0.2, 0.25) is 0 Å². The van der Waals surface area contributed by atoms with Gasteiger partial charge in [0.05, 0.1) is 0 Å². The van der Waals surface area contributed by atoms with Gasteiger partial charge in [-0.05, 0) is 84.8 Å². The van der Waals surface area contributed by atoms with Gasteiger partial charge in [0, 0.05) is 16.3 Å². The van der Waals surface area contributed by atoms with E-state index in [2.05, 4.69) is 159 Å². The molecule has 1 nitrogen and oxygen atoms in total. The van der Waals surface area contributed by atoms with Crippen molar-refractivity contribution in [1.29, 1.82) is 0 Å². The first-order chi connectivity index (χ1) is 21.8. The van der Waals surface area contributed by atoms with Crippen molar-refractivity contribution >= 4 is 54.3 Å². The van der Waals surface area contributed by atoms with Crippen LogP contribution in [0.15, 0.2) is 156 Å². The minimum atomic E-state index is 0.921. The molecule has 1 aromatic heterocycles. The average molecular weight is 561 g/mol. The van der Waals surface area contributed by atoms with Crippen LogP contribution >= 0.6 is 0 Å². The topological polar surface area (TPSA) is 13.1 Å². The molecule has 8 aromatic carbocycles. The summed E-state index contributed by atoms with van der Waals surface area (Å²) in [6.07, 6.45) is 0. The molecule has 0 N–H and O–H groups in total. The van der Waals surface area contributed by atoms with E-state index in [4.69, 9.17) is 4.42 Å². The third-order valence-corrected chi connectivity index (χ3v) is 9.23. The molecular weight excluding hydrogens is 532 g/mol. The molecule has 0 radical (unpaired) electrons. The fraction of sp³-hybridized carbons (Fsp3) is 0.0233. The predicted molar refractivity (Wildman–Crippen MR) is 187 cm³/mol. The monoisotopic (exact) mass is 560 g/mol. The molecule has 1 heteroatoms. The van der Waals surface area contributed by atoms with E-state index in [1.54, 1.807) is 0 Å². The third-order valence-electron chi connectivity index (χ3n) is 9.23. The van der Waals surface area contributed by atoms with E-state index in [0.717, 1.165) is 27.7 Å². The van der Waals surface area contributed by atoms with Crippen LogP contribution < -0.4 is 0 Å². The summed E-state index contributed by atoms with van der Waals surface area (Å²) >= 11 is 0. The van der Waals surface area contributed by atoms with E-state index >= 15 is 0 Å². The Balaban J connectivity index is 1.37. The summed E-state index contributed by atoms with van der Waals surface area (Å²) in [5.41, 5.74) is 10.4. The van der Waals surface area contributed by atoms with E-state index in [1.165, 1.54) is 65.5 Å². The van der Waals surface area contributed by atoms with Crippen LogP contribution in [0, 0.1) is 6.92 Å². The van der Waals surface area contributed by atoms with Crippen molar-refractivity contribution in [2.45, 2.75) is 6.92 Å². The number of aryl methyl sites for hydroxylation is 1. The molecule has 44 heavy (non-hydrogen) atoms. The van der Waals surface area contributed by atoms with Gasteiger partial charge in [-0.3, -0.25) is 0 Å². The van der Waals surface area contributed by atoms with Crippen molar-refractivity contribution in [3.05, 3.63) is 157 Å². The Labute approximate surface area is 255 Å². The van der Waals surface area contributed by atoms with Crippen molar-refractivity contribution in [2.24, 2.45) is 0 Å². The summed E-state index contributed by atoms with van der Waals surface area (Å²) in [5.74, 6) is 0. The number of fused-ring (bicyclic) bond motifs is 7. The van der Waals surface area contributed by atoms with E-state index in [1.807, 2.05) is 0 Å². The lowest BCUT2D eigenvalue weighted by atomic mass is 9.85. The maximum absolute atomic E-state index is 6.68. The van der Waals surface area contributed by atoms with Gasteiger partial charge in [-0.25, -0.2) is 0 Å². The normalized spacial score (nSPS) is 11.8. The Morgan fingerprint density at radius 3 is 1.45 bits per heavy atom. The summed E-state index contributed by atoms with van der Waals surface area (Å²) in [4.78, 5) is 0. The number of benzene rings is 8. The standard InChI is InChI=1S/C43H28O/c1-27-31-18-5-6-19-32(31)42-37-24-11-12-25-38(37)44-43(42)39(27)29-16-13-17-30(26-29)41-35-22-9-7-20-33(35)40(28-14-3-2-4-15-28)34-21-8-10-23-36(34)41/h2-26H,1H3. The highest BCUT2D eigenvalue weighted by atomic mass is 16.3. The Kier molecular flexibility index (Phi) is 5.48. The van der Waals surface area contributed by atoms with Gasteiger partial charge in [0.1, 0.15) is 11.2 Å². The van der Waals surface area contributed by atoms with Crippen LogP contribution in [0.5, 0.6) is 0 Å². The summed E-state index contributed by atoms with van der Waals surface area (Å²) in [6.45, 7) is 2.23. The number of rotatable bonds is 3. The van der Waals surface area contributed by atoms with Crippen molar-refractivity contribution in [2.75, 3.05) is 0 Å². The molecule has 0 saturated heterocycles. The average Bonchev–Trinajstić information content (AvgIpc) is 3.47. The number of hydrogen-bond acceptors (Lipinski definition) is 1. The molecule has 0 bridgehead atoms. The van der Waals surface area contributed by atoms with E-state index in [-0.39, 0.29) is 0 Å². The summed E-state index contributed by atoms with van der Waals surface area (Å²) in [7, 11) is 0. The molecule has 0 aliphatic heterocycles. The molecule has 0 unspecified atom stereocenters. The molecule has 0 fully saturated rings. The van der Waals surface area contributed by atoms with Crippen molar-refractivity contribution in [1.82, 2.24) is 0 Å². The highest BCUT2D eigenvalue weighted by molar-refractivity contribution is 6.24. The first kappa shape index (κ1) is 24.9. The second-order valence-electron chi connectivity index (χ2n) is 11.6. The number of hydrogen-bond donors (Lipinski definition) is 0. The maximum Gasteiger partial charge on any atom is 0.144 e. The quantitative estimate of drug-likeness (QED) is 0.196. The molecule has 9 rings (SSSR count). The SMILES string of the molecule is Cc1c(-c2cccc(-c3c4ccccc4c(-c4ccccc4)c4ccccc34)c2)c2oc3ccccc3c2c2ccccc12. The Morgan fingerprint density at radius 2 is 0.818 bits per heavy atom. The molecule has 0 spiro atoms. The molecule has 0 amide bonds. The van der Waals surface area contributed by atoms with E-state index < -0.39 is 0 Å². The molecule has 9 aromatic rings. The first-order valence-electron chi connectivity index (χ1n) is 15.2. The first-order valence-corrected chi connectivity index (χ1v) is 15.2. The third kappa shape index (κ3) is 3.60. The van der Waals surface area contributed by atoms with Gasteiger partial charge >= 0.3 is 0 Å². The molecule has 0 saturated carbocycles. The largest absolute Gasteiger partial charge is 0.455 e. The van der Waals surface area contributed by atoms with E-state index in [9.17, 15) is 0 Å². The highest BCUT2D eigenvalue weighted by Gasteiger charge is 2.21. The second kappa shape index (κ2) is 9.69. The maximum atomic E-state index is 6.68. The highest BCUT2D eigenvalue weighted by Crippen LogP contribution is 2.46. The molecule has 206 valence electrons. The van der Waals surface area contributed by atoms with E-state index in [0.29, 0.717) is 0 Å². The fourth-order valence-corrected chi connectivity index (χ4v) is 7.36. The zero-order valence-corrected chi connectivity index (χ0v) is 24.3. The van der Waals surface area contributed by atoms with Crippen LogP contribution in [-0.2, 0) is 0 Å². The Morgan fingerprint density at radius 1 is 0.364 bits per heavy atom. The van der Waals surface area contributed by atoms with Crippen LogP contribution in [-0.4, -0.2) is 0 Å². The molecule has 0 atom stereocenters. The van der Waals surface area contributed by atoms with Crippen LogP contribution in [0.3, 0.4) is 0 Å². The molecule has 1 heterocycles. The minimum Gasteiger partial charge on any atom is -0.455 e. The van der Waals surface area contributed by atoms with Gasteiger partial charge in [-0.15, -0.1) is 0 Å². The lowest BCUT2D eigenvalue weighted by Gasteiger charge is -2.18. The second-order valence-corrected chi connectivity index (χ2v) is 11.6. The van der Waals surface area contributed by atoms with Crippen LogP contribution in [0.2, 0.25) is 0 Å². The van der Waals surface area contributed by atoms with Gasteiger partial charge < -0.3 is 4.42 Å². The summed E-state index contributed by atoms with van der Waals surface area (Å²) in [5, 5.41) is 9.87. The van der Waals surface area contributed by atoms with Crippen molar-refractivity contribution in [3.8, 4) is 33.4 Å². The van der Waals surface area contributed by atoms with Crippen molar-refractivity contribution in [3.63, 3.8) is 0 Å². The number of furan rings is 1. The van der Waals surface area contributed by atoms with Crippen LogP contribution in [0.25, 0.3) is 87.6 Å². The minimum absolute atomic E-state index is 0.921. The molecule has 0 aliphatic carbocycles. The smallest absolute Gasteiger partial charge is 0.144 e. The van der Waals surface area contributed by atoms with Crippen LogP contribution in [0.1, 0.15) is 5.56 Å². The molecule has 0 aliphatic rings. The zero-order valence-electron chi connectivity index (χ0n) is 24.3. The summed E-state index contributed by atoms with van der Waals surface area (Å²) < 4.78 is 6.68. The zero-order chi connectivity index (χ0) is 29.2. The van der Waals surface area contributed by atoms with Gasteiger partial charge in [0.25, 0.3) is 0 Å². The summed E-state index contributed by atoms with van der Waals surface area (Å²) in [6, 6.07) is 54.6. The lowest BCUT2D eigenvalue weighted by molar-refractivity contribution is 0.670. The van der Waals surface area contributed by atoms with Gasteiger partial charge in [0.15, 0.2) is 0 Å². The lowest BCUT2D eigenvalue weighted by Crippen LogP contribution is -1.92. The Bertz CT molecular complexity index is 2490. The predicted octanol–water partition coefficient (Wildman–Crippen LogP) is 12.4. The van der Waals surface area contributed by atoms with Gasteiger partial charge in [-0.1, -0.05) is 140 Å². The molecular formula is C43H28O. The Hall–Kier alpha value is -5.66.